The molecule has 0 amide bonds. The van der Waals surface area contributed by atoms with Gasteiger partial charge in [-0.15, -0.1) is 0 Å². The summed E-state index contributed by atoms with van der Waals surface area (Å²) >= 11 is 0. The van der Waals surface area contributed by atoms with Gasteiger partial charge in [0.2, 0.25) is 0 Å². The molecule has 3 aromatic rings. The van der Waals surface area contributed by atoms with Crippen LogP contribution in [0.1, 0.15) is 29.8 Å². The Kier molecular flexibility index (Phi) is 6.15. The van der Waals surface area contributed by atoms with E-state index in [0.29, 0.717) is 0 Å². The van der Waals surface area contributed by atoms with Gasteiger partial charge in [-0.1, -0.05) is 78.1 Å². The van der Waals surface area contributed by atoms with Crippen LogP contribution in [-0.2, 0) is 0 Å². The van der Waals surface area contributed by atoms with Crippen molar-refractivity contribution in [2.75, 3.05) is 18.0 Å². The molecule has 0 unspecified atom stereocenters. The maximum atomic E-state index is 12.9. The summed E-state index contributed by atoms with van der Waals surface area (Å²) in [5.41, 5.74) is 2.65. The summed E-state index contributed by atoms with van der Waals surface area (Å²) in [6.07, 6.45) is 0. The lowest BCUT2D eigenvalue weighted by atomic mass is 10.0. The molecule has 0 heterocycles. The lowest BCUT2D eigenvalue weighted by molar-refractivity contribution is 0.103. The third-order valence-corrected chi connectivity index (χ3v) is 9.18. The lowest BCUT2D eigenvalue weighted by Gasteiger charge is -2.23. The minimum absolute atomic E-state index is 0.0804. The molecule has 0 aliphatic heterocycles. The minimum atomic E-state index is -1.74. The fourth-order valence-corrected chi connectivity index (χ4v) is 6.00. The summed E-state index contributed by atoms with van der Waals surface area (Å²) in [4.78, 5) is 15.2. The van der Waals surface area contributed by atoms with Gasteiger partial charge in [0.25, 0.3) is 0 Å². The van der Waals surface area contributed by atoms with Crippen LogP contribution in [0.25, 0.3) is 0 Å². The summed E-state index contributed by atoms with van der Waals surface area (Å²) in [5.74, 6) is 0.0804. The Balaban J connectivity index is 1.80. The third kappa shape index (κ3) is 4.10. The highest BCUT2D eigenvalue weighted by Crippen LogP contribution is 2.17. The van der Waals surface area contributed by atoms with Crippen LogP contribution >= 0.6 is 0 Å². The van der Waals surface area contributed by atoms with Crippen molar-refractivity contribution in [3.63, 3.8) is 0 Å². The SMILES string of the molecule is CCN(CC)c1ccc(C(=O)c2ccc([Si](C)(C)c3ccccc3)cc2)cc1. The zero-order valence-electron chi connectivity index (χ0n) is 17.3. The van der Waals surface area contributed by atoms with Crippen LogP contribution < -0.4 is 15.3 Å². The minimum Gasteiger partial charge on any atom is -0.372 e. The number of benzene rings is 3. The van der Waals surface area contributed by atoms with Crippen LogP contribution in [0.3, 0.4) is 0 Å². The first-order valence-corrected chi connectivity index (χ1v) is 13.0. The van der Waals surface area contributed by atoms with E-state index in [9.17, 15) is 4.79 Å². The topological polar surface area (TPSA) is 20.3 Å². The van der Waals surface area contributed by atoms with Crippen molar-refractivity contribution in [1.29, 1.82) is 0 Å². The number of anilines is 1. The number of hydrogen-bond donors (Lipinski definition) is 0. The summed E-state index contributed by atoms with van der Waals surface area (Å²) in [6, 6.07) is 26.9. The Morgan fingerprint density at radius 3 is 1.68 bits per heavy atom. The Morgan fingerprint density at radius 1 is 0.714 bits per heavy atom. The van der Waals surface area contributed by atoms with Crippen molar-refractivity contribution in [3.05, 3.63) is 90.0 Å². The maximum Gasteiger partial charge on any atom is 0.193 e. The molecule has 0 fully saturated rings. The fourth-order valence-electron chi connectivity index (χ4n) is 3.64. The molecule has 0 saturated carbocycles. The van der Waals surface area contributed by atoms with Crippen molar-refractivity contribution in [1.82, 2.24) is 0 Å². The maximum absolute atomic E-state index is 12.9. The van der Waals surface area contributed by atoms with E-state index in [1.54, 1.807) is 0 Å². The predicted molar refractivity (Wildman–Crippen MR) is 123 cm³/mol. The Hall–Kier alpha value is -2.65. The molecule has 3 aromatic carbocycles. The van der Waals surface area contributed by atoms with Crippen LogP contribution in [0.4, 0.5) is 5.69 Å². The fraction of sp³-hybridized carbons (Fsp3) is 0.240. The van der Waals surface area contributed by atoms with Gasteiger partial charge >= 0.3 is 0 Å². The quantitative estimate of drug-likeness (QED) is 0.437. The molecule has 0 aliphatic carbocycles. The molecule has 0 bridgehead atoms. The van der Waals surface area contributed by atoms with Crippen molar-refractivity contribution < 1.29 is 4.79 Å². The van der Waals surface area contributed by atoms with E-state index in [4.69, 9.17) is 0 Å². The number of carbonyl (C=O) groups excluding carboxylic acids is 1. The average Bonchev–Trinajstić information content (AvgIpc) is 2.75. The first kappa shape index (κ1) is 20.1. The van der Waals surface area contributed by atoms with Crippen molar-refractivity contribution in [3.8, 4) is 0 Å². The first-order chi connectivity index (χ1) is 13.5. The molecule has 0 aromatic heterocycles. The van der Waals surface area contributed by atoms with Gasteiger partial charge in [-0.3, -0.25) is 4.79 Å². The number of rotatable bonds is 7. The Bertz CT molecular complexity index is 911. The van der Waals surface area contributed by atoms with Crippen LogP contribution in [0.5, 0.6) is 0 Å². The standard InChI is InChI=1S/C25H29NOSi/c1-5-26(6-2)22-16-12-20(13-17-22)25(27)21-14-18-24(19-15-21)28(3,4)23-10-8-7-9-11-23/h7-19H,5-6H2,1-4H3. The zero-order valence-corrected chi connectivity index (χ0v) is 18.3. The summed E-state index contributed by atoms with van der Waals surface area (Å²) in [6.45, 7) is 10.9. The van der Waals surface area contributed by atoms with Gasteiger partial charge < -0.3 is 4.90 Å². The molecule has 144 valence electrons. The highest BCUT2D eigenvalue weighted by Gasteiger charge is 2.25. The van der Waals surface area contributed by atoms with Crippen LogP contribution in [-0.4, -0.2) is 26.9 Å². The van der Waals surface area contributed by atoms with E-state index < -0.39 is 8.07 Å². The molecule has 28 heavy (non-hydrogen) atoms. The van der Waals surface area contributed by atoms with E-state index in [1.165, 1.54) is 10.4 Å². The van der Waals surface area contributed by atoms with Gasteiger partial charge in [-0.05, 0) is 38.1 Å². The first-order valence-electron chi connectivity index (χ1n) is 10.0. The second-order valence-corrected chi connectivity index (χ2v) is 12.0. The molecule has 0 radical (unpaired) electrons. The van der Waals surface area contributed by atoms with Crippen molar-refractivity contribution >= 4 is 29.9 Å². The van der Waals surface area contributed by atoms with Gasteiger partial charge in [0.1, 0.15) is 8.07 Å². The molecule has 0 N–H and O–H groups in total. The molecule has 2 nitrogen and oxygen atoms in total. The molecule has 0 aliphatic rings. The Labute approximate surface area is 169 Å². The molecule has 0 spiro atoms. The highest BCUT2D eigenvalue weighted by atomic mass is 28.3. The van der Waals surface area contributed by atoms with E-state index in [1.807, 2.05) is 36.4 Å². The monoisotopic (exact) mass is 387 g/mol. The lowest BCUT2D eigenvalue weighted by Crippen LogP contribution is -2.52. The molecular weight excluding hydrogens is 358 g/mol. The van der Waals surface area contributed by atoms with Crippen molar-refractivity contribution in [2.24, 2.45) is 0 Å². The summed E-state index contributed by atoms with van der Waals surface area (Å²) in [5, 5.41) is 2.74. The van der Waals surface area contributed by atoms with E-state index in [-0.39, 0.29) is 5.78 Å². The van der Waals surface area contributed by atoms with Gasteiger partial charge in [-0.2, -0.15) is 0 Å². The smallest absolute Gasteiger partial charge is 0.193 e. The normalized spacial score (nSPS) is 11.3. The van der Waals surface area contributed by atoms with E-state index in [2.05, 4.69) is 74.3 Å². The number of hydrogen-bond acceptors (Lipinski definition) is 2. The molecule has 3 heteroatoms. The third-order valence-electron chi connectivity index (χ3n) is 5.62. The number of ketones is 1. The predicted octanol–water partition coefficient (Wildman–Crippen LogP) is 4.59. The number of nitrogens with zero attached hydrogens (tertiary/aromatic N) is 1. The van der Waals surface area contributed by atoms with Crippen molar-refractivity contribution in [2.45, 2.75) is 26.9 Å². The molecule has 0 saturated heterocycles. The van der Waals surface area contributed by atoms with Gasteiger partial charge in [-0.25, -0.2) is 0 Å². The second-order valence-electron chi connectivity index (χ2n) is 7.62. The summed E-state index contributed by atoms with van der Waals surface area (Å²) < 4.78 is 0. The van der Waals surface area contributed by atoms with E-state index >= 15 is 0 Å². The van der Waals surface area contributed by atoms with Crippen LogP contribution in [0, 0.1) is 0 Å². The van der Waals surface area contributed by atoms with Crippen LogP contribution in [0.2, 0.25) is 13.1 Å². The zero-order chi connectivity index (χ0) is 20.1. The summed E-state index contributed by atoms with van der Waals surface area (Å²) in [7, 11) is -1.74. The van der Waals surface area contributed by atoms with Gasteiger partial charge in [0.15, 0.2) is 5.78 Å². The highest BCUT2D eigenvalue weighted by molar-refractivity contribution is 7.00. The Morgan fingerprint density at radius 2 is 1.18 bits per heavy atom. The largest absolute Gasteiger partial charge is 0.372 e. The molecule has 3 rings (SSSR count). The van der Waals surface area contributed by atoms with E-state index in [0.717, 1.165) is 29.9 Å². The van der Waals surface area contributed by atoms with Gasteiger partial charge in [0, 0.05) is 29.9 Å². The average molecular weight is 388 g/mol. The molecule has 0 atom stereocenters. The van der Waals surface area contributed by atoms with Crippen LogP contribution in [0.15, 0.2) is 78.9 Å². The second kappa shape index (κ2) is 8.57. The molecular formula is C25H29NOSi. The van der Waals surface area contributed by atoms with Gasteiger partial charge in [0.05, 0.1) is 0 Å². The number of carbonyl (C=O) groups is 1.